The standard InChI is InChI=1S/C18H19FN4O4S/c1-12-8-13(2-3-16(12)21-28(26)27)17(24)22-4-6-23(7-5-22)18(25)14-9-15(19)11-20-10-14/h2-3,8-11,28H,4-7H2,1H3,(H,21,26,27). The van der Waals surface area contributed by atoms with E-state index in [0.717, 1.165) is 12.3 Å². The molecule has 1 saturated heterocycles. The number of carbonyl (C=O) groups is 2. The van der Waals surface area contributed by atoms with E-state index in [1.54, 1.807) is 34.9 Å². The molecule has 148 valence electrons. The second kappa shape index (κ2) is 8.34. The second-order valence-electron chi connectivity index (χ2n) is 6.37. The largest absolute Gasteiger partial charge is 0.335 e. The van der Waals surface area contributed by atoms with Crippen LogP contribution in [0.25, 0.3) is 0 Å². The molecule has 2 aromatic rings. The maximum atomic E-state index is 13.3. The summed E-state index contributed by atoms with van der Waals surface area (Å²) < 4.78 is 37.1. The number of aromatic nitrogens is 1. The Labute approximate surface area is 163 Å². The minimum absolute atomic E-state index is 0.176. The summed E-state index contributed by atoms with van der Waals surface area (Å²) in [6.07, 6.45) is 2.35. The van der Waals surface area contributed by atoms with Gasteiger partial charge in [0.15, 0.2) is 0 Å². The molecule has 0 saturated carbocycles. The van der Waals surface area contributed by atoms with Crippen LogP contribution in [0.2, 0.25) is 0 Å². The van der Waals surface area contributed by atoms with E-state index in [4.69, 9.17) is 0 Å². The molecule has 8 nitrogen and oxygen atoms in total. The number of rotatable bonds is 4. The van der Waals surface area contributed by atoms with Gasteiger partial charge in [-0.25, -0.2) is 12.8 Å². The van der Waals surface area contributed by atoms with Crippen LogP contribution in [0.5, 0.6) is 0 Å². The van der Waals surface area contributed by atoms with E-state index in [0.29, 0.717) is 43.0 Å². The van der Waals surface area contributed by atoms with Crippen LogP contribution >= 0.6 is 0 Å². The summed E-state index contributed by atoms with van der Waals surface area (Å²) in [5.41, 5.74) is 1.68. The van der Waals surface area contributed by atoms with Crippen molar-refractivity contribution in [1.82, 2.24) is 14.8 Å². The van der Waals surface area contributed by atoms with E-state index in [1.165, 1.54) is 6.20 Å². The van der Waals surface area contributed by atoms with Gasteiger partial charge < -0.3 is 9.80 Å². The van der Waals surface area contributed by atoms with E-state index in [-0.39, 0.29) is 17.4 Å². The SMILES string of the molecule is Cc1cc(C(=O)N2CCN(C(=O)c3cncc(F)c3)CC2)ccc1N[SH](=O)=O. The molecule has 0 bridgehead atoms. The predicted molar refractivity (Wildman–Crippen MR) is 101 cm³/mol. The smallest absolute Gasteiger partial charge is 0.255 e. The third-order valence-corrected chi connectivity index (χ3v) is 4.91. The Hall–Kier alpha value is -3.01. The number of carbonyl (C=O) groups excluding carboxylic acids is 2. The Morgan fingerprint density at radius 1 is 1.00 bits per heavy atom. The molecule has 0 atom stereocenters. The first-order chi connectivity index (χ1) is 13.3. The van der Waals surface area contributed by atoms with Gasteiger partial charge in [0.05, 0.1) is 17.4 Å². The average Bonchev–Trinajstić information content (AvgIpc) is 2.68. The maximum absolute atomic E-state index is 13.3. The molecule has 1 aromatic carbocycles. The summed E-state index contributed by atoms with van der Waals surface area (Å²) in [5.74, 6) is -1.09. The van der Waals surface area contributed by atoms with E-state index >= 15 is 0 Å². The first-order valence-electron chi connectivity index (χ1n) is 8.56. The Bertz CT molecular complexity index is 979. The van der Waals surface area contributed by atoms with E-state index in [9.17, 15) is 22.4 Å². The Kier molecular flexibility index (Phi) is 5.88. The van der Waals surface area contributed by atoms with Crippen LogP contribution in [0.3, 0.4) is 0 Å². The van der Waals surface area contributed by atoms with Crippen LogP contribution in [0.4, 0.5) is 10.1 Å². The molecular formula is C18H19FN4O4S. The number of thiol groups is 1. The quantitative estimate of drug-likeness (QED) is 0.740. The Morgan fingerprint density at radius 2 is 1.61 bits per heavy atom. The minimum atomic E-state index is -2.77. The molecule has 0 aliphatic carbocycles. The number of benzene rings is 1. The van der Waals surface area contributed by atoms with Gasteiger partial charge >= 0.3 is 0 Å². The molecule has 28 heavy (non-hydrogen) atoms. The van der Waals surface area contributed by atoms with Gasteiger partial charge in [-0.3, -0.25) is 19.3 Å². The first-order valence-corrected chi connectivity index (χ1v) is 9.73. The summed E-state index contributed by atoms with van der Waals surface area (Å²) in [7, 11) is -2.77. The summed E-state index contributed by atoms with van der Waals surface area (Å²) in [6.45, 7) is 3.06. The first kappa shape index (κ1) is 19.7. The van der Waals surface area contributed by atoms with Gasteiger partial charge in [-0.05, 0) is 36.8 Å². The normalized spacial score (nSPS) is 14.2. The fourth-order valence-electron chi connectivity index (χ4n) is 3.03. The fraction of sp³-hybridized carbons (Fsp3) is 0.278. The van der Waals surface area contributed by atoms with Gasteiger partial charge in [0.1, 0.15) is 5.82 Å². The molecule has 1 fully saturated rings. The predicted octanol–water partition coefficient (Wildman–Crippen LogP) is 1.07. The van der Waals surface area contributed by atoms with Crippen LogP contribution in [-0.2, 0) is 10.9 Å². The summed E-state index contributed by atoms with van der Waals surface area (Å²) in [4.78, 5) is 32.0. The number of piperazine rings is 1. The Morgan fingerprint density at radius 3 is 2.14 bits per heavy atom. The molecular weight excluding hydrogens is 387 g/mol. The number of nitrogens with zero attached hydrogens (tertiary/aromatic N) is 3. The third kappa shape index (κ3) is 4.45. The van der Waals surface area contributed by atoms with E-state index < -0.39 is 16.7 Å². The molecule has 1 aliphatic heterocycles. The van der Waals surface area contributed by atoms with Crippen LogP contribution in [-0.4, -0.2) is 61.2 Å². The van der Waals surface area contributed by atoms with Crippen molar-refractivity contribution in [3.8, 4) is 0 Å². The summed E-state index contributed by atoms with van der Waals surface area (Å²) in [5, 5.41) is 0. The number of aryl methyl sites for hydroxylation is 1. The van der Waals surface area contributed by atoms with Gasteiger partial charge in [0.2, 0.25) is 10.9 Å². The molecule has 10 heteroatoms. The number of hydrogen-bond acceptors (Lipinski definition) is 5. The number of hydrogen-bond donors (Lipinski definition) is 2. The van der Waals surface area contributed by atoms with Crippen molar-refractivity contribution in [3.63, 3.8) is 0 Å². The summed E-state index contributed by atoms with van der Waals surface area (Å²) >= 11 is 0. The number of halogens is 1. The van der Waals surface area contributed by atoms with Crippen LogP contribution in [0.1, 0.15) is 26.3 Å². The van der Waals surface area contributed by atoms with Crippen LogP contribution in [0.15, 0.2) is 36.7 Å². The second-order valence-corrected chi connectivity index (χ2v) is 7.11. The van der Waals surface area contributed by atoms with Crippen molar-refractivity contribution < 1.29 is 22.4 Å². The molecule has 2 amide bonds. The lowest BCUT2D eigenvalue weighted by atomic mass is 10.1. The lowest BCUT2D eigenvalue weighted by molar-refractivity contribution is 0.0535. The molecule has 1 aliphatic rings. The van der Waals surface area contributed by atoms with Gasteiger partial charge in [0.25, 0.3) is 11.8 Å². The number of amides is 2. The third-order valence-electron chi connectivity index (χ3n) is 4.49. The zero-order chi connectivity index (χ0) is 20.3. The van der Waals surface area contributed by atoms with Crippen molar-refractivity contribution in [2.24, 2.45) is 0 Å². The van der Waals surface area contributed by atoms with E-state index in [1.807, 2.05) is 0 Å². The molecule has 0 unspecified atom stereocenters. The lowest BCUT2D eigenvalue weighted by Gasteiger charge is -2.35. The number of nitrogens with one attached hydrogen (secondary N) is 1. The highest BCUT2D eigenvalue weighted by Gasteiger charge is 2.26. The maximum Gasteiger partial charge on any atom is 0.255 e. The molecule has 3 rings (SSSR count). The molecule has 0 spiro atoms. The number of pyridine rings is 1. The van der Waals surface area contributed by atoms with Crippen LogP contribution < -0.4 is 4.72 Å². The number of anilines is 1. The highest BCUT2D eigenvalue weighted by molar-refractivity contribution is 7.73. The molecule has 1 N–H and O–H groups in total. The summed E-state index contributed by atoms with van der Waals surface area (Å²) in [6, 6.07) is 5.87. The van der Waals surface area contributed by atoms with Crippen molar-refractivity contribution in [2.75, 3.05) is 30.9 Å². The molecule has 2 heterocycles. The topological polar surface area (TPSA) is 99.7 Å². The highest BCUT2D eigenvalue weighted by Crippen LogP contribution is 2.19. The fourth-order valence-corrected chi connectivity index (χ4v) is 3.47. The van der Waals surface area contributed by atoms with E-state index in [2.05, 4.69) is 9.71 Å². The van der Waals surface area contributed by atoms with Crippen molar-refractivity contribution in [1.29, 1.82) is 0 Å². The minimum Gasteiger partial charge on any atom is -0.335 e. The lowest BCUT2D eigenvalue weighted by Crippen LogP contribution is -2.50. The molecule has 0 radical (unpaired) electrons. The van der Waals surface area contributed by atoms with Crippen LogP contribution in [0, 0.1) is 12.7 Å². The van der Waals surface area contributed by atoms with Gasteiger partial charge in [0, 0.05) is 37.9 Å². The monoisotopic (exact) mass is 406 g/mol. The van der Waals surface area contributed by atoms with Gasteiger partial charge in [-0.15, -0.1) is 0 Å². The van der Waals surface area contributed by atoms with Gasteiger partial charge in [-0.2, -0.15) is 0 Å². The van der Waals surface area contributed by atoms with Crippen molar-refractivity contribution >= 4 is 28.4 Å². The Balaban J connectivity index is 1.63. The van der Waals surface area contributed by atoms with Crippen molar-refractivity contribution in [3.05, 3.63) is 59.2 Å². The zero-order valence-electron chi connectivity index (χ0n) is 15.1. The average molecular weight is 406 g/mol. The zero-order valence-corrected chi connectivity index (χ0v) is 16.0. The highest BCUT2D eigenvalue weighted by atomic mass is 32.2. The molecule has 1 aromatic heterocycles. The van der Waals surface area contributed by atoms with Gasteiger partial charge in [-0.1, -0.05) is 0 Å². The van der Waals surface area contributed by atoms with Crippen molar-refractivity contribution in [2.45, 2.75) is 6.92 Å².